The maximum atomic E-state index is 11.3. The summed E-state index contributed by atoms with van der Waals surface area (Å²) in [7, 11) is -3.68. The summed E-state index contributed by atoms with van der Waals surface area (Å²) in [5.74, 6) is 0.607. The molecule has 29 heavy (non-hydrogen) atoms. The minimum Gasteiger partial charge on any atom is -0.368 e. The lowest BCUT2D eigenvalue weighted by molar-refractivity contribution is 0.598. The van der Waals surface area contributed by atoms with E-state index in [4.69, 9.17) is 5.14 Å². The first-order valence-electron chi connectivity index (χ1n) is 8.94. The summed E-state index contributed by atoms with van der Waals surface area (Å²) in [4.78, 5) is 8.68. The summed E-state index contributed by atoms with van der Waals surface area (Å²) in [5.41, 5.74) is 3.34. The van der Waals surface area contributed by atoms with Gasteiger partial charge in [0, 0.05) is 6.54 Å². The quantitative estimate of drug-likeness (QED) is 0.474. The summed E-state index contributed by atoms with van der Waals surface area (Å²) in [6.07, 6.45) is 2.16. The SMILES string of the molecule is NS(=O)(=O)c1ccc(CCNc2ncnc3c2nnn3Cc2ccccc2)cc1. The molecule has 0 atom stereocenters. The Morgan fingerprint density at radius 3 is 2.45 bits per heavy atom. The fraction of sp³-hybridized carbons (Fsp3) is 0.158. The third-order valence-corrected chi connectivity index (χ3v) is 5.36. The predicted octanol–water partition coefficient (Wildman–Crippen LogP) is 1.57. The first-order chi connectivity index (χ1) is 14.0. The van der Waals surface area contributed by atoms with Gasteiger partial charge >= 0.3 is 0 Å². The zero-order valence-corrected chi connectivity index (χ0v) is 16.2. The van der Waals surface area contributed by atoms with E-state index in [1.165, 1.54) is 18.5 Å². The molecule has 2 heterocycles. The fourth-order valence-corrected chi connectivity index (χ4v) is 3.47. The summed E-state index contributed by atoms with van der Waals surface area (Å²) < 4.78 is 24.4. The Kier molecular flexibility index (Phi) is 5.19. The van der Waals surface area contributed by atoms with E-state index in [2.05, 4.69) is 25.6 Å². The number of anilines is 1. The normalized spacial score (nSPS) is 11.6. The Bertz CT molecular complexity index is 1220. The molecule has 0 aliphatic heterocycles. The molecule has 10 heteroatoms. The lowest BCUT2D eigenvalue weighted by Crippen LogP contribution is -2.12. The van der Waals surface area contributed by atoms with Crippen molar-refractivity contribution in [1.82, 2.24) is 25.0 Å². The van der Waals surface area contributed by atoms with Crippen LogP contribution in [0.2, 0.25) is 0 Å². The van der Waals surface area contributed by atoms with E-state index < -0.39 is 10.0 Å². The van der Waals surface area contributed by atoms with Crippen LogP contribution < -0.4 is 10.5 Å². The van der Waals surface area contributed by atoms with Crippen LogP contribution >= 0.6 is 0 Å². The Labute approximate surface area is 167 Å². The maximum absolute atomic E-state index is 11.3. The van der Waals surface area contributed by atoms with Crippen molar-refractivity contribution in [2.45, 2.75) is 17.9 Å². The Morgan fingerprint density at radius 1 is 0.966 bits per heavy atom. The van der Waals surface area contributed by atoms with Gasteiger partial charge in [-0.05, 0) is 29.7 Å². The third kappa shape index (κ3) is 4.39. The number of sulfonamides is 1. The maximum Gasteiger partial charge on any atom is 0.238 e. The van der Waals surface area contributed by atoms with E-state index in [0.717, 1.165) is 11.1 Å². The number of hydrogen-bond acceptors (Lipinski definition) is 7. The molecule has 0 spiro atoms. The molecule has 148 valence electrons. The van der Waals surface area contributed by atoms with Crippen molar-refractivity contribution >= 4 is 27.0 Å². The topological polar surface area (TPSA) is 129 Å². The lowest BCUT2D eigenvalue weighted by atomic mass is 10.1. The third-order valence-electron chi connectivity index (χ3n) is 4.43. The van der Waals surface area contributed by atoms with Crippen molar-refractivity contribution in [1.29, 1.82) is 0 Å². The highest BCUT2D eigenvalue weighted by atomic mass is 32.2. The van der Waals surface area contributed by atoms with E-state index in [9.17, 15) is 8.42 Å². The minimum absolute atomic E-state index is 0.0988. The van der Waals surface area contributed by atoms with Gasteiger partial charge in [0.05, 0.1) is 11.4 Å². The zero-order chi connectivity index (χ0) is 20.3. The fourth-order valence-electron chi connectivity index (χ4n) is 2.95. The van der Waals surface area contributed by atoms with E-state index >= 15 is 0 Å². The Morgan fingerprint density at radius 2 is 1.72 bits per heavy atom. The highest BCUT2D eigenvalue weighted by molar-refractivity contribution is 7.89. The molecule has 0 saturated heterocycles. The Hall–Kier alpha value is -3.37. The van der Waals surface area contributed by atoms with Crippen LogP contribution in [0, 0.1) is 0 Å². The molecular formula is C19H19N7O2S. The second-order valence-corrected chi connectivity index (χ2v) is 8.05. The summed E-state index contributed by atoms with van der Waals surface area (Å²) >= 11 is 0. The van der Waals surface area contributed by atoms with Crippen molar-refractivity contribution in [3.63, 3.8) is 0 Å². The molecule has 3 N–H and O–H groups in total. The zero-order valence-electron chi connectivity index (χ0n) is 15.4. The first kappa shape index (κ1) is 19.0. The Balaban J connectivity index is 1.45. The van der Waals surface area contributed by atoms with Gasteiger partial charge in [-0.2, -0.15) is 0 Å². The monoisotopic (exact) mass is 409 g/mol. The number of rotatable bonds is 7. The number of primary sulfonamides is 1. The van der Waals surface area contributed by atoms with E-state index in [0.29, 0.717) is 36.5 Å². The molecule has 0 aliphatic rings. The summed E-state index contributed by atoms with van der Waals surface area (Å²) in [6, 6.07) is 16.5. The number of aromatic nitrogens is 5. The van der Waals surface area contributed by atoms with Crippen LogP contribution in [0.25, 0.3) is 11.2 Å². The molecule has 0 saturated carbocycles. The van der Waals surface area contributed by atoms with Gasteiger partial charge in [0.2, 0.25) is 10.0 Å². The summed E-state index contributed by atoms with van der Waals surface area (Å²) in [5, 5.41) is 16.8. The van der Waals surface area contributed by atoms with Gasteiger partial charge < -0.3 is 5.32 Å². The van der Waals surface area contributed by atoms with Gasteiger partial charge in [-0.15, -0.1) is 5.10 Å². The van der Waals surface area contributed by atoms with Crippen molar-refractivity contribution in [2.24, 2.45) is 5.14 Å². The molecule has 0 amide bonds. The smallest absolute Gasteiger partial charge is 0.238 e. The molecule has 0 bridgehead atoms. The molecule has 2 aromatic heterocycles. The average molecular weight is 409 g/mol. The van der Waals surface area contributed by atoms with Crippen LogP contribution in [0.4, 0.5) is 5.82 Å². The van der Waals surface area contributed by atoms with Gasteiger partial charge in [0.25, 0.3) is 0 Å². The highest BCUT2D eigenvalue weighted by Crippen LogP contribution is 2.17. The lowest BCUT2D eigenvalue weighted by Gasteiger charge is -2.07. The number of nitrogens with two attached hydrogens (primary N) is 1. The van der Waals surface area contributed by atoms with Gasteiger partial charge in [0.1, 0.15) is 6.33 Å². The second kappa shape index (κ2) is 7.94. The van der Waals surface area contributed by atoms with Gasteiger partial charge in [-0.1, -0.05) is 47.7 Å². The van der Waals surface area contributed by atoms with Gasteiger partial charge in [-0.3, -0.25) is 0 Å². The van der Waals surface area contributed by atoms with Crippen LogP contribution in [0.15, 0.2) is 65.8 Å². The molecular weight excluding hydrogens is 390 g/mol. The first-order valence-corrected chi connectivity index (χ1v) is 10.5. The van der Waals surface area contributed by atoms with Gasteiger partial charge in [0.15, 0.2) is 17.0 Å². The molecule has 9 nitrogen and oxygen atoms in total. The number of nitrogens with zero attached hydrogens (tertiary/aromatic N) is 5. The number of benzene rings is 2. The summed E-state index contributed by atoms with van der Waals surface area (Å²) in [6.45, 7) is 1.16. The molecule has 0 aliphatic carbocycles. The van der Waals surface area contributed by atoms with Crippen molar-refractivity contribution in [3.05, 3.63) is 72.1 Å². The van der Waals surface area contributed by atoms with Crippen LogP contribution in [0.5, 0.6) is 0 Å². The number of fused-ring (bicyclic) bond motifs is 1. The van der Waals surface area contributed by atoms with E-state index in [1.807, 2.05) is 30.3 Å². The van der Waals surface area contributed by atoms with Crippen LogP contribution in [-0.2, 0) is 23.0 Å². The largest absolute Gasteiger partial charge is 0.368 e. The van der Waals surface area contributed by atoms with Crippen molar-refractivity contribution in [2.75, 3.05) is 11.9 Å². The minimum atomic E-state index is -3.68. The second-order valence-electron chi connectivity index (χ2n) is 6.49. The highest BCUT2D eigenvalue weighted by Gasteiger charge is 2.12. The van der Waals surface area contributed by atoms with Crippen molar-refractivity contribution in [3.8, 4) is 0 Å². The van der Waals surface area contributed by atoms with Crippen molar-refractivity contribution < 1.29 is 8.42 Å². The molecule has 2 aromatic carbocycles. The number of nitrogens with one attached hydrogen (secondary N) is 1. The van der Waals surface area contributed by atoms with Crippen LogP contribution in [0.3, 0.4) is 0 Å². The number of hydrogen-bond donors (Lipinski definition) is 2. The van der Waals surface area contributed by atoms with E-state index in [-0.39, 0.29) is 4.90 Å². The van der Waals surface area contributed by atoms with Gasteiger partial charge in [-0.25, -0.2) is 28.2 Å². The molecule has 4 aromatic rings. The van der Waals surface area contributed by atoms with E-state index in [1.54, 1.807) is 16.8 Å². The molecule has 0 fully saturated rings. The molecule has 0 radical (unpaired) electrons. The van der Waals surface area contributed by atoms with Crippen LogP contribution in [-0.4, -0.2) is 39.9 Å². The van der Waals surface area contributed by atoms with Crippen LogP contribution in [0.1, 0.15) is 11.1 Å². The standard InChI is InChI=1S/C19H19N7O2S/c20-29(27,28)16-8-6-14(7-9-16)10-11-21-18-17-19(23-13-22-18)26(25-24-17)12-15-4-2-1-3-5-15/h1-9,13H,10-12H2,(H2,20,27,28)(H,21,22,23). The average Bonchev–Trinajstić information content (AvgIpc) is 3.12. The molecule has 4 rings (SSSR count). The predicted molar refractivity (Wildman–Crippen MR) is 109 cm³/mol. The molecule has 0 unspecified atom stereocenters.